The van der Waals surface area contributed by atoms with Crippen LogP contribution < -0.4 is 10.1 Å². The zero-order chi connectivity index (χ0) is 22.2. The van der Waals surface area contributed by atoms with E-state index in [4.69, 9.17) is 16.3 Å². The molecule has 0 saturated carbocycles. The minimum Gasteiger partial charge on any atom is -0.489 e. The van der Waals surface area contributed by atoms with Crippen LogP contribution in [0.25, 0.3) is 0 Å². The monoisotopic (exact) mass is 447 g/mol. The van der Waals surface area contributed by atoms with E-state index in [1.54, 1.807) is 12.1 Å². The third kappa shape index (κ3) is 7.23. The van der Waals surface area contributed by atoms with Crippen LogP contribution in [0.2, 0.25) is 5.02 Å². The molecule has 0 radical (unpaired) electrons. The number of rotatable bonds is 10. The first kappa shape index (κ1) is 23.6. The number of likely N-dealkylation sites (N-methyl/N-ethyl adjacent to an activating group) is 1. The molecule has 0 spiro atoms. The zero-order valence-corrected chi connectivity index (χ0v) is 19.5. The summed E-state index contributed by atoms with van der Waals surface area (Å²) in [6.07, 6.45) is 6.99. The second-order valence-corrected chi connectivity index (χ2v) is 8.87. The second kappa shape index (κ2) is 11.5. The highest BCUT2D eigenvalue weighted by molar-refractivity contribution is 6.32. The molecule has 31 heavy (non-hydrogen) atoms. The number of benzene rings is 1. The molecule has 2 heterocycles. The fraction of sp³-hybridized carbons (Fsp3) is 0.565. The average Bonchev–Trinajstić information content (AvgIpc) is 3.27. The maximum absolute atomic E-state index is 12.3. The summed E-state index contributed by atoms with van der Waals surface area (Å²) in [5.41, 5.74) is 0.553. The first-order valence-corrected chi connectivity index (χ1v) is 11.4. The summed E-state index contributed by atoms with van der Waals surface area (Å²) in [7, 11) is 3.95. The van der Waals surface area contributed by atoms with Crippen molar-refractivity contribution in [3.05, 3.63) is 47.2 Å². The van der Waals surface area contributed by atoms with Gasteiger partial charge in [-0.3, -0.25) is 9.48 Å². The molecule has 0 bridgehead atoms. The van der Waals surface area contributed by atoms with E-state index < -0.39 is 0 Å². The molecule has 1 unspecified atom stereocenters. The van der Waals surface area contributed by atoms with Crippen molar-refractivity contribution < 1.29 is 9.53 Å². The molecule has 1 amide bonds. The van der Waals surface area contributed by atoms with Crippen LogP contribution in [0.3, 0.4) is 0 Å². The number of amides is 1. The summed E-state index contributed by atoms with van der Waals surface area (Å²) in [6.45, 7) is 6.63. The SMILES string of the molecule is CC(CCn1cccn1)N1CCC(Oc2ccc(C(=O)NCCN(C)C)cc2Cl)CC1. The lowest BCUT2D eigenvalue weighted by Gasteiger charge is -2.36. The smallest absolute Gasteiger partial charge is 0.251 e. The van der Waals surface area contributed by atoms with Crippen molar-refractivity contribution in [1.82, 2.24) is 24.9 Å². The van der Waals surface area contributed by atoms with Gasteiger partial charge in [-0.2, -0.15) is 5.10 Å². The van der Waals surface area contributed by atoms with E-state index in [0.29, 0.717) is 28.9 Å². The fourth-order valence-corrected chi connectivity index (χ4v) is 4.01. The van der Waals surface area contributed by atoms with Crippen LogP contribution in [0.1, 0.15) is 36.5 Å². The molecule has 2 aromatic rings. The summed E-state index contributed by atoms with van der Waals surface area (Å²) in [4.78, 5) is 16.8. The minimum atomic E-state index is -0.118. The molecule has 1 aromatic heterocycles. The fourth-order valence-electron chi connectivity index (χ4n) is 3.78. The second-order valence-electron chi connectivity index (χ2n) is 8.46. The average molecular weight is 448 g/mol. The number of nitrogens with zero attached hydrogens (tertiary/aromatic N) is 4. The van der Waals surface area contributed by atoms with Gasteiger partial charge in [-0.1, -0.05) is 11.6 Å². The molecule has 1 aromatic carbocycles. The summed E-state index contributed by atoms with van der Waals surface area (Å²) >= 11 is 6.41. The van der Waals surface area contributed by atoms with Gasteiger partial charge in [0.05, 0.1) is 5.02 Å². The molecule has 1 N–H and O–H groups in total. The lowest BCUT2D eigenvalue weighted by molar-refractivity contribution is 0.0760. The molecule has 1 atom stereocenters. The highest BCUT2D eigenvalue weighted by atomic mass is 35.5. The van der Waals surface area contributed by atoms with E-state index in [-0.39, 0.29) is 12.0 Å². The molecule has 1 aliphatic heterocycles. The van der Waals surface area contributed by atoms with Gasteiger partial charge in [0, 0.05) is 56.7 Å². The van der Waals surface area contributed by atoms with Crippen LogP contribution in [-0.2, 0) is 6.54 Å². The maximum atomic E-state index is 12.3. The number of carbonyl (C=O) groups is 1. The zero-order valence-electron chi connectivity index (χ0n) is 18.8. The van der Waals surface area contributed by atoms with E-state index in [1.807, 2.05) is 48.2 Å². The van der Waals surface area contributed by atoms with Crippen molar-refractivity contribution in [2.24, 2.45) is 0 Å². The number of aryl methyl sites for hydroxylation is 1. The topological polar surface area (TPSA) is 62.6 Å². The van der Waals surface area contributed by atoms with Crippen molar-refractivity contribution in [1.29, 1.82) is 0 Å². The quantitative estimate of drug-likeness (QED) is 0.606. The number of likely N-dealkylation sites (tertiary alicyclic amines) is 1. The highest BCUT2D eigenvalue weighted by Gasteiger charge is 2.24. The van der Waals surface area contributed by atoms with Gasteiger partial charge in [-0.15, -0.1) is 0 Å². The standard InChI is InChI=1S/C23H34ClN5O2/c1-18(7-15-29-12-4-10-26-29)28-13-8-20(9-14-28)31-22-6-5-19(17-21(22)24)23(30)25-11-16-27(2)3/h4-6,10,12,17-18,20H,7-9,11,13-16H2,1-3H3,(H,25,30). The molecule has 170 valence electrons. The maximum Gasteiger partial charge on any atom is 0.251 e. The highest BCUT2D eigenvalue weighted by Crippen LogP contribution is 2.29. The largest absolute Gasteiger partial charge is 0.489 e. The van der Waals surface area contributed by atoms with Crippen molar-refractivity contribution in [2.45, 2.75) is 44.9 Å². The van der Waals surface area contributed by atoms with E-state index in [0.717, 1.165) is 45.4 Å². The Kier molecular flexibility index (Phi) is 8.75. The number of ether oxygens (including phenoxy) is 1. The molecule has 0 aliphatic carbocycles. The van der Waals surface area contributed by atoms with Gasteiger partial charge in [0.1, 0.15) is 11.9 Å². The first-order valence-electron chi connectivity index (χ1n) is 11.0. The molecule has 8 heteroatoms. The minimum absolute atomic E-state index is 0.118. The Bertz CT molecular complexity index is 819. The van der Waals surface area contributed by atoms with Crippen molar-refractivity contribution in [2.75, 3.05) is 40.3 Å². The van der Waals surface area contributed by atoms with Gasteiger partial charge >= 0.3 is 0 Å². The lowest BCUT2D eigenvalue weighted by Crippen LogP contribution is -2.43. The Labute approximate surface area is 190 Å². The van der Waals surface area contributed by atoms with Gasteiger partial charge in [0.15, 0.2) is 0 Å². The molecule has 1 fully saturated rings. The number of carbonyl (C=O) groups excluding carboxylic acids is 1. The first-order chi connectivity index (χ1) is 14.9. The van der Waals surface area contributed by atoms with Gasteiger partial charge in [-0.05, 0) is 64.5 Å². The van der Waals surface area contributed by atoms with Crippen LogP contribution in [0.4, 0.5) is 0 Å². The number of aromatic nitrogens is 2. The Morgan fingerprint density at radius 3 is 2.77 bits per heavy atom. The predicted octanol–water partition coefficient (Wildman–Crippen LogP) is 3.15. The third-order valence-electron chi connectivity index (χ3n) is 5.77. The number of halogens is 1. The summed E-state index contributed by atoms with van der Waals surface area (Å²) in [6, 6.07) is 7.75. The molecule has 7 nitrogen and oxygen atoms in total. The van der Waals surface area contributed by atoms with Crippen LogP contribution in [0.15, 0.2) is 36.7 Å². The van der Waals surface area contributed by atoms with E-state index in [2.05, 4.69) is 22.2 Å². The van der Waals surface area contributed by atoms with E-state index in [9.17, 15) is 4.79 Å². The summed E-state index contributed by atoms with van der Waals surface area (Å²) in [5, 5.41) is 7.66. The van der Waals surface area contributed by atoms with E-state index in [1.165, 1.54) is 0 Å². The Morgan fingerprint density at radius 1 is 1.35 bits per heavy atom. The van der Waals surface area contributed by atoms with Gasteiger partial charge < -0.3 is 19.9 Å². The number of hydrogen-bond acceptors (Lipinski definition) is 5. The molecule has 1 aliphatic rings. The summed E-state index contributed by atoms with van der Waals surface area (Å²) < 4.78 is 8.16. The van der Waals surface area contributed by atoms with Gasteiger partial charge in [0.2, 0.25) is 0 Å². The van der Waals surface area contributed by atoms with Crippen molar-refractivity contribution in [3.8, 4) is 5.75 Å². The van der Waals surface area contributed by atoms with Crippen molar-refractivity contribution in [3.63, 3.8) is 0 Å². The lowest BCUT2D eigenvalue weighted by atomic mass is 10.0. The van der Waals surface area contributed by atoms with Crippen LogP contribution in [0, 0.1) is 0 Å². The normalized spacial score (nSPS) is 16.4. The molecular formula is C23H34ClN5O2. The Hall–Kier alpha value is -2.09. The number of piperidine rings is 1. The predicted molar refractivity (Wildman–Crippen MR) is 124 cm³/mol. The van der Waals surface area contributed by atoms with Gasteiger partial charge in [0.25, 0.3) is 5.91 Å². The van der Waals surface area contributed by atoms with Crippen LogP contribution in [-0.4, -0.2) is 77.9 Å². The van der Waals surface area contributed by atoms with Crippen molar-refractivity contribution >= 4 is 17.5 Å². The van der Waals surface area contributed by atoms with Crippen LogP contribution in [0.5, 0.6) is 5.75 Å². The Morgan fingerprint density at radius 2 is 2.13 bits per heavy atom. The number of hydrogen-bond donors (Lipinski definition) is 1. The third-order valence-corrected chi connectivity index (χ3v) is 6.06. The van der Waals surface area contributed by atoms with E-state index >= 15 is 0 Å². The van der Waals surface area contributed by atoms with Gasteiger partial charge in [-0.25, -0.2) is 0 Å². The Balaban J connectivity index is 1.44. The number of nitrogens with one attached hydrogen (secondary N) is 1. The van der Waals surface area contributed by atoms with Crippen LogP contribution >= 0.6 is 11.6 Å². The molecule has 1 saturated heterocycles. The molecule has 3 rings (SSSR count). The molecular weight excluding hydrogens is 414 g/mol. The summed E-state index contributed by atoms with van der Waals surface area (Å²) in [5.74, 6) is 0.532.